The average molecular weight is 316 g/mol. The first kappa shape index (κ1) is 19.2. The van der Waals surface area contributed by atoms with E-state index in [-0.39, 0.29) is 5.97 Å². The molecule has 0 amide bonds. The topological polar surface area (TPSA) is 46.5 Å². The highest BCUT2D eigenvalue weighted by Gasteiger charge is 2.41. The van der Waals surface area contributed by atoms with Crippen LogP contribution in [0.25, 0.3) is 0 Å². The Morgan fingerprint density at radius 3 is 2.22 bits per heavy atom. The fourth-order valence-corrected chi connectivity index (χ4v) is 2.55. The molecule has 0 aliphatic heterocycles. The van der Waals surface area contributed by atoms with Crippen molar-refractivity contribution in [1.82, 2.24) is 0 Å². The highest BCUT2D eigenvalue weighted by molar-refractivity contribution is 5.69. The standard InChI is InChI=1S/C20H28O3/c1-7-19(5,14-8-9-15(2)3)20(6,22)17-10-12-18(13-11-17)23-16(4)21/h7,9-13,22H,1,8,14H2,2-6H3/t19-,20-/m1/s1. The molecule has 0 aliphatic carbocycles. The van der Waals surface area contributed by atoms with Gasteiger partial charge < -0.3 is 9.84 Å². The number of ether oxygens (including phenoxy) is 1. The maximum absolute atomic E-state index is 11.1. The van der Waals surface area contributed by atoms with E-state index in [1.165, 1.54) is 12.5 Å². The maximum atomic E-state index is 11.1. The van der Waals surface area contributed by atoms with E-state index >= 15 is 0 Å². The van der Waals surface area contributed by atoms with Gasteiger partial charge in [-0.2, -0.15) is 0 Å². The van der Waals surface area contributed by atoms with Crippen LogP contribution in [0.15, 0.2) is 48.6 Å². The molecule has 0 spiro atoms. The summed E-state index contributed by atoms with van der Waals surface area (Å²) in [5, 5.41) is 11.1. The first-order valence-electron chi connectivity index (χ1n) is 7.90. The van der Waals surface area contributed by atoms with Gasteiger partial charge in [-0.25, -0.2) is 0 Å². The van der Waals surface area contributed by atoms with Crippen molar-refractivity contribution in [2.24, 2.45) is 5.41 Å². The Morgan fingerprint density at radius 1 is 1.22 bits per heavy atom. The Labute approximate surface area is 139 Å². The summed E-state index contributed by atoms with van der Waals surface area (Å²) >= 11 is 0. The van der Waals surface area contributed by atoms with E-state index in [4.69, 9.17) is 4.74 Å². The van der Waals surface area contributed by atoms with Crippen molar-refractivity contribution < 1.29 is 14.6 Å². The SMILES string of the molecule is C=C[C@](C)(CCC=C(C)C)[C@](C)(O)c1ccc(OC(C)=O)cc1. The highest BCUT2D eigenvalue weighted by atomic mass is 16.5. The van der Waals surface area contributed by atoms with Gasteiger partial charge in [0.15, 0.2) is 0 Å². The van der Waals surface area contributed by atoms with Crippen molar-refractivity contribution in [1.29, 1.82) is 0 Å². The highest BCUT2D eigenvalue weighted by Crippen LogP contribution is 2.44. The minimum absolute atomic E-state index is 0.359. The average Bonchev–Trinajstić information content (AvgIpc) is 2.46. The number of hydrogen-bond acceptors (Lipinski definition) is 3. The van der Waals surface area contributed by atoms with Crippen LogP contribution >= 0.6 is 0 Å². The molecular weight excluding hydrogens is 288 g/mol. The molecule has 0 aliphatic rings. The van der Waals surface area contributed by atoms with Crippen LogP contribution in [0.1, 0.15) is 53.0 Å². The second kappa shape index (κ2) is 7.60. The van der Waals surface area contributed by atoms with E-state index in [9.17, 15) is 9.90 Å². The number of rotatable bonds is 7. The third-order valence-corrected chi connectivity index (χ3v) is 4.46. The minimum atomic E-state index is -1.07. The fraction of sp³-hybridized carbons (Fsp3) is 0.450. The zero-order valence-electron chi connectivity index (χ0n) is 14.8. The van der Waals surface area contributed by atoms with Gasteiger partial charge in [0.25, 0.3) is 0 Å². The summed E-state index contributed by atoms with van der Waals surface area (Å²) in [4.78, 5) is 11.0. The van der Waals surface area contributed by atoms with E-state index in [1.807, 2.05) is 13.0 Å². The number of carbonyl (C=O) groups is 1. The Balaban J connectivity index is 3.03. The zero-order chi connectivity index (χ0) is 17.7. The van der Waals surface area contributed by atoms with Gasteiger partial charge in [0.1, 0.15) is 5.75 Å². The number of benzene rings is 1. The third-order valence-electron chi connectivity index (χ3n) is 4.46. The molecule has 1 aromatic rings. The second-order valence-electron chi connectivity index (χ2n) is 6.63. The van der Waals surface area contributed by atoms with Crippen molar-refractivity contribution in [2.45, 2.75) is 53.1 Å². The van der Waals surface area contributed by atoms with Crippen LogP contribution in [0.2, 0.25) is 0 Å². The zero-order valence-corrected chi connectivity index (χ0v) is 14.8. The summed E-state index contributed by atoms with van der Waals surface area (Å²) in [6.45, 7) is 13.2. The van der Waals surface area contributed by atoms with Gasteiger partial charge in [-0.3, -0.25) is 4.79 Å². The van der Waals surface area contributed by atoms with Crippen LogP contribution in [0.3, 0.4) is 0 Å². The van der Waals surface area contributed by atoms with Gasteiger partial charge in [-0.1, -0.05) is 36.8 Å². The molecule has 1 N–H and O–H groups in total. The molecule has 3 heteroatoms. The van der Waals surface area contributed by atoms with Crippen molar-refractivity contribution in [3.8, 4) is 5.75 Å². The molecule has 126 valence electrons. The molecule has 0 unspecified atom stereocenters. The molecule has 0 heterocycles. The lowest BCUT2D eigenvalue weighted by molar-refractivity contribution is -0.131. The first-order valence-corrected chi connectivity index (χ1v) is 7.90. The minimum Gasteiger partial charge on any atom is -0.427 e. The van der Waals surface area contributed by atoms with Gasteiger partial charge in [-0.15, -0.1) is 6.58 Å². The van der Waals surface area contributed by atoms with E-state index in [0.717, 1.165) is 18.4 Å². The molecule has 0 saturated heterocycles. The molecule has 0 fully saturated rings. The van der Waals surface area contributed by atoms with Gasteiger partial charge in [0.2, 0.25) is 0 Å². The molecule has 23 heavy (non-hydrogen) atoms. The van der Waals surface area contributed by atoms with Crippen molar-refractivity contribution >= 4 is 5.97 Å². The second-order valence-corrected chi connectivity index (χ2v) is 6.63. The van der Waals surface area contributed by atoms with E-state index in [0.29, 0.717) is 5.75 Å². The van der Waals surface area contributed by atoms with Crippen LogP contribution in [-0.4, -0.2) is 11.1 Å². The molecule has 0 saturated carbocycles. The Hall–Kier alpha value is -1.87. The van der Waals surface area contributed by atoms with Crippen molar-refractivity contribution in [2.75, 3.05) is 0 Å². The molecule has 3 nitrogen and oxygen atoms in total. The summed E-state index contributed by atoms with van der Waals surface area (Å²) in [5.41, 5.74) is 0.496. The summed E-state index contributed by atoms with van der Waals surface area (Å²) in [6.07, 6.45) is 5.67. The lowest BCUT2D eigenvalue weighted by atomic mass is 9.68. The summed E-state index contributed by atoms with van der Waals surface area (Å²) in [6, 6.07) is 6.98. The van der Waals surface area contributed by atoms with Crippen LogP contribution in [0.5, 0.6) is 5.75 Å². The summed E-state index contributed by atoms with van der Waals surface area (Å²) < 4.78 is 5.04. The monoisotopic (exact) mass is 316 g/mol. The lowest BCUT2D eigenvalue weighted by Crippen LogP contribution is -2.40. The molecule has 0 aromatic heterocycles. The molecule has 1 aromatic carbocycles. The molecule has 0 bridgehead atoms. The van der Waals surface area contributed by atoms with Crippen LogP contribution in [0, 0.1) is 5.41 Å². The molecular formula is C20H28O3. The van der Waals surface area contributed by atoms with Crippen molar-refractivity contribution in [3.05, 3.63) is 54.1 Å². The number of esters is 1. The largest absolute Gasteiger partial charge is 0.427 e. The fourth-order valence-electron chi connectivity index (χ4n) is 2.55. The molecule has 0 radical (unpaired) electrons. The van der Waals surface area contributed by atoms with Gasteiger partial charge >= 0.3 is 5.97 Å². The van der Waals surface area contributed by atoms with E-state index in [1.54, 1.807) is 31.2 Å². The van der Waals surface area contributed by atoms with Crippen molar-refractivity contribution in [3.63, 3.8) is 0 Å². The Kier molecular flexibility index (Phi) is 6.34. The number of allylic oxidation sites excluding steroid dienone is 2. The number of aliphatic hydroxyl groups is 1. The van der Waals surface area contributed by atoms with Gasteiger partial charge in [0, 0.05) is 12.3 Å². The quantitative estimate of drug-likeness (QED) is 0.448. The van der Waals surface area contributed by atoms with Crippen LogP contribution < -0.4 is 4.74 Å². The summed E-state index contributed by atoms with van der Waals surface area (Å²) in [7, 11) is 0. The predicted molar refractivity (Wildman–Crippen MR) is 94.3 cm³/mol. The first-order chi connectivity index (χ1) is 10.6. The lowest BCUT2D eigenvalue weighted by Gasteiger charge is -2.41. The Bertz CT molecular complexity index is 577. The van der Waals surface area contributed by atoms with E-state index in [2.05, 4.69) is 26.5 Å². The predicted octanol–water partition coefficient (Wildman–Crippen LogP) is 4.76. The number of carbonyl (C=O) groups excluding carboxylic acids is 1. The maximum Gasteiger partial charge on any atom is 0.308 e. The summed E-state index contributed by atoms with van der Waals surface area (Å²) in [5.74, 6) is 0.115. The number of hydrogen-bond donors (Lipinski definition) is 1. The van der Waals surface area contributed by atoms with Gasteiger partial charge in [-0.05, 0) is 51.3 Å². The van der Waals surface area contributed by atoms with E-state index < -0.39 is 11.0 Å². The van der Waals surface area contributed by atoms with Crippen LogP contribution in [0.4, 0.5) is 0 Å². The Morgan fingerprint density at radius 2 is 1.78 bits per heavy atom. The van der Waals surface area contributed by atoms with Crippen LogP contribution in [-0.2, 0) is 10.4 Å². The van der Waals surface area contributed by atoms with Gasteiger partial charge in [0.05, 0.1) is 5.60 Å². The third kappa shape index (κ3) is 4.80. The smallest absolute Gasteiger partial charge is 0.308 e. The normalized spacial score (nSPS) is 15.9. The molecule has 2 atom stereocenters. The molecule has 1 rings (SSSR count).